The van der Waals surface area contributed by atoms with Crippen LogP contribution < -0.4 is 4.72 Å². The third kappa shape index (κ3) is 2.78. The largest absolute Gasteiger partial charge is 0.469 e. The number of hydrogen-bond donors (Lipinski definition) is 2. The first-order valence-electron chi connectivity index (χ1n) is 6.66. The van der Waals surface area contributed by atoms with Gasteiger partial charge in [0.05, 0.1) is 30.4 Å². The minimum Gasteiger partial charge on any atom is -0.469 e. The van der Waals surface area contributed by atoms with Crippen LogP contribution in [0.3, 0.4) is 0 Å². The van der Waals surface area contributed by atoms with E-state index < -0.39 is 32.7 Å². The number of aliphatic hydroxyl groups excluding tert-OH is 1. The number of ether oxygens (including phenoxy) is 1. The summed E-state index contributed by atoms with van der Waals surface area (Å²) in [5, 5.41) is 8.61. The maximum atomic E-state index is 12.4. The van der Waals surface area contributed by atoms with E-state index >= 15 is 0 Å². The fraction of sp³-hybridized carbons (Fsp3) is 0.917. The molecule has 2 aliphatic carbocycles. The minimum absolute atomic E-state index is 0.193. The van der Waals surface area contributed by atoms with Crippen LogP contribution in [0.2, 0.25) is 0 Å². The van der Waals surface area contributed by atoms with Gasteiger partial charge in [-0.25, -0.2) is 13.1 Å². The lowest BCUT2D eigenvalue weighted by Gasteiger charge is -2.41. The summed E-state index contributed by atoms with van der Waals surface area (Å²) < 4.78 is 32.1. The van der Waals surface area contributed by atoms with E-state index in [0.29, 0.717) is 32.1 Å². The van der Waals surface area contributed by atoms with Crippen molar-refractivity contribution >= 4 is 16.0 Å². The van der Waals surface area contributed by atoms with Crippen molar-refractivity contribution in [3.8, 4) is 0 Å². The molecular formula is C12H21NO5S. The molecule has 0 aliphatic heterocycles. The van der Waals surface area contributed by atoms with Crippen molar-refractivity contribution < 1.29 is 23.1 Å². The summed E-state index contributed by atoms with van der Waals surface area (Å²) in [6, 6.07) is 0. The maximum absolute atomic E-state index is 12.4. The highest BCUT2D eigenvalue weighted by Crippen LogP contribution is 2.36. The van der Waals surface area contributed by atoms with Crippen LogP contribution in [0.5, 0.6) is 0 Å². The van der Waals surface area contributed by atoms with Gasteiger partial charge in [0, 0.05) is 0 Å². The van der Waals surface area contributed by atoms with Gasteiger partial charge in [-0.05, 0) is 32.1 Å². The Balaban J connectivity index is 2.12. The summed E-state index contributed by atoms with van der Waals surface area (Å²) in [6.07, 6.45) is 3.93. The van der Waals surface area contributed by atoms with Crippen molar-refractivity contribution in [1.82, 2.24) is 4.72 Å². The molecule has 0 aromatic rings. The summed E-state index contributed by atoms with van der Waals surface area (Å²) in [5.41, 5.74) is -0.706. The van der Waals surface area contributed by atoms with E-state index in [-0.39, 0.29) is 6.61 Å². The molecule has 0 heterocycles. The van der Waals surface area contributed by atoms with Crippen LogP contribution in [-0.2, 0) is 19.6 Å². The lowest BCUT2D eigenvalue weighted by atomic mass is 9.78. The number of methoxy groups -OCH3 is 1. The molecule has 110 valence electrons. The molecule has 0 spiro atoms. The van der Waals surface area contributed by atoms with E-state index in [0.717, 1.165) is 6.42 Å². The van der Waals surface area contributed by atoms with Crippen LogP contribution in [0.1, 0.15) is 38.5 Å². The second kappa shape index (κ2) is 5.38. The number of aliphatic hydroxyl groups is 1. The molecule has 2 aliphatic rings. The van der Waals surface area contributed by atoms with Gasteiger partial charge in [0.25, 0.3) is 0 Å². The summed E-state index contributed by atoms with van der Waals surface area (Å²) in [6.45, 7) is -0.193. The zero-order chi connectivity index (χ0) is 14.1. The zero-order valence-corrected chi connectivity index (χ0v) is 11.9. The highest BCUT2D eigenvalue weighted by atomic mass is 32.2. The van der Waals surface area contributed by atoms with Crippen molar-refractivity contribution in [1.29, 1.82) is 0 Å². The molecule has 0 aromatic carbocycles. The molecule has 7 heteroatoms. The third-order valence-electron chi connectivity index (χ3n) is 4.33. The second-order valence-electron chi connectivity index (χ2n) is 5.54. The topological polar surface area (TPSA) is 92.7 Å². The molecule has 2 fully saturated rings. The SMILES string of the molecule is COC(=O)C1CCCC1S(=O)(=O)NC1(CO)CCC1. The van der Waals surface area contributed by atoms with Gasteiger partial charge in [0.1, 0.15) is 0 Å². The normalized spacial score (nSPS) is 29.8. The molecule has 2 N–H and O–H groups in total. The number of esters is 1. The van der Waals surface area contributed by atoms with E-state index in [1.807, 2.05) is 0 Å². The number of hydrogen-bond acceptors (Lipinski definition) is 5. The minimum atomic E-state index is -3.61. The van der Waals surface area contributed by atoms with Crippen LogP contribution in [0, 0.1) is 5.92 Å². The van der Waals surface area contributed by atoms with Gasteiger partial charge in [-0.15, -0.1) is 0 Å². The van der Waals surface area contributed by atoms with Gasteiger partial charge in [-0.1, -0.05) is 6.42 Å². The molecule has 0 saturated heterocycles. The van der Waals surface area contributed by atoms with Crippen molar-refractivity contribution in [2.24, 2.45) is 5.92 Å². The average molecular weight is 291 g/mol. The fourth-order valence-electron chi connectivity index (χ4n) is 2.99. The Morgan fingerprint density at radius 3 is 2.53 bits per heavy atom. The lowest BCUT2D eigenvalue weighted by molar-refractivity contribution is -0.145. The Hall–Kier alpha value is -0.660. The quantitative estimate of drug-likeness (QED) is 0.704. The number of rotatable bonds is 5. The molecule has 6 nitrogen and oxygen atoms in total. The van der Waals surface area contributed by atoms with Gasteiger partial charge in [0.15, 0.2) is 0 Å². The van der Waals surface area contributed by atoms with Gasteiger partial charge in [-0.2, -0.15) is 0 Å². The van der Waals surface area contributed by atoms with E-state index in [9.17, 15) is 18.3 Å². The number of nitrogens with one attached hydrogen (secondary N) is 1. The molecule has 2 saturated carbocycles. The molecular weight excluding hydrogens is 270 g/mol. The molecule has 0 amide bonds. The zero-order valence-electron chi connectivity index (χ0n) is 11.1. The van der Waals surface area contributed by atoms with E-state index in [1.54, 1.807) is 0 Å². The molecule has 2 atom stereocenters. The Labute approximate surface area is 113 Å². The number of carbonyl (C=O) groups is 1. The third-order valence-corrected chi connectivity index (χ3v) is 6.41. The standard InChI is InChI=1S/C12H21NO5S/c1-18-11(15)9-4-2-5-10(9)19(16,17)13-12(8-14)6-3-7-12/h9-10,13-14H,2-8H2,1H3. The predicted octanol–water partition coefficient (Wildman–Crippen LogP) is 0.162. The molecule has 19 heavy (non-hydrogen) atoms. The number of carbonyl (C=O) groups excluding carboxylic acids is 1. The fourth-order valence-corrected chi connectivity index (χ4v) is 5.17. The summed E-state index contributed by atoms with van der Waals surface area (Å²) in [7, 11) is -2.33. The van der Waals surface area contributed by atoms with Crippen molar-refractivity contribution in [2.75, 3.05) is 13.7 Å². The van der Waals surface area contributed by atoms with E-state index in [4.69, 9.17) is 0 Å². The van der Waals surface area contributed by atoms with Crippen LogP contribution in [0.15, 0.2) is 0 Å². The van der Waals surface area contributed by atoms with Gasteiger partial charge in [-0.3, -0.25) is 4.79 Å². The van der Waals surface area contributed by atoms with E-state index in [2.05, 4.69) is 9.46 Å². The summed E-state index contributed by atoms with van der Waals surface area (Å²) >= 11 is 0. The van der Waals surface area contributed by atoms with Crippen molar-refractivity contribution in [2.45, 2.75) is 49.3 Å². The Kier molecular flexibility index (Phi) is 4.17. The summed E-state index contributed by atoms with van der Waals surface area (Å²) in [4.78, 5) is 11.6. The predicted molar refractivity (Wildman–Crippen MR) is 68.9 cm³/mol. The first-order valence-corrected chi connectivity index (χ1v) is 8.20. The van der Waals surface area contributed by atoms with Gasteiger partial charge >= 0.3 is 5.97 Å². The van der Waals surface area contributed by atoms with E-state index in [1.165, 1.54) is 7.11 Å². The van der Waals surface area contributed by atoms with Crippen LogP contribution >= 0.6 is 0 Å². The van der Waals surface area contributed by atoms with Crippen LogP contribution in [-0.4, -0.2) is 44.0 Å². The first kappa shape index (κ1) is 14.7. The lowest BCUT2D eigenvalue weighted by Crippen LogP contribution is -2.58. The first-order chi connectivity index (χ1) is 8.94. The molecule has 0 bridgehead atoms. The molecule has 2 rings (SSSR count). The van der Waals surface area contributed by atoms with Crippen molar-refractivity contribution in [3.05, 3.63) is 0 Å². The Morgan fingerprint density at radius 1 is 1.37 bits per heavy atom. The highest BCUT2D eigenvalue weighted by Gasteiger charge is 2.47. The molecule has 0 aromatic heterocycles. The molecule has 2 unspecified atom stereocenters. The van der Waals surface area contributed by atoms with Crippen LogP contribution in [0.25, 0.3) is 0 Å². The van der Waals surface area contributed by atoms with Gasteiger partial charge < -0.3 is 9.84 Å². The monoisotopic (exact) mass is 291 g/mol. The number of sulfonamides is 1. The maximum Gasteiger partial charge on any atom is 0.310 e. The van der Waals surface area contributed by atoms with Crippen LogP contribution in [0.4, 0.5) is 0 Å². The summed E-state index contributed by atoms with van der Waals surface area (Å²) in [5.74, 6) is -1.04. The Morgan fingerprint density at radius 2 is 2.05 bits per heavy atom. The second-order valence-corrected chi connectivity index (χ2v) is 7.44. The average Bonchev–Trinajstić information content (AvgIpc) is 2.83. The Bertz CT molecular complexity index is 438. The smallest absolute Gasteiger partial charge is 0.310 e. The highest BCUT2D eigenvalue weighted by molar-refractivity contribution is 7.90. The van der Waals surface area contributed by atoms with Gasteiger partial charge in [0.2, 0.25) is 10.0 Å². The van der Waals surface area contributed by atoms with Crippen molar-refractivity contribution in [3.63, 3.8) is 0 Å². The molecule has 0 radical (unpaired) electrons.